The third kappa shape index (κ3) is 5.38. The molecule has 5 heteroatoms. The third-order valence-corrected chi connectivity index (χ3v) is 4.42. The van der Waals surface area contributed by atoms with Gasteiger partial charge in [0.25, 0.3) is 0 Å². The van der Waals surface area contributed by atoms with Crippen molar-refractivity contribution in [2.75, 3.05) is 25.6 Å². The average molecular weight is 299 g/mol. The Bertz CT molecular complexity index is 385. The standard InChI is InChI=1S/C15H26FN3S/c1-11(10-19(3)12(2)7-8-20-4)15(17)14-6-5-13(16)9-18-14/h5-6,9,11-12,15H,7-8,10,17H2,1-4H3. The second-order valence-corrected chi connectivity index (χ2v) is 6.46. The van der Waals surface area contributed by atoms with Gasteiger partial charge in [-0.25, -0.2) is 4.39 Å². The highest BCUT2D eigenvalue weighted by Crippen LogP contribution is 2.19. The molecule has 0 aromatic carbocycles. The van der Waals surface area contributed by atoms with E-state index < -0.39 is 0 Å². The molecule has 0 amide bonds. The first kappa shape index (κ1) is 17.4. The van der Waals surface area contributed by atoms with Crippen LogP contribution in [0.2, 0.25) is 0 Å². The van der Waals surface area contributed by atoms with Gasteiger partial charge in [0, 0.05) is 12.6 Å². The van der Waals surface area contributed by atoms with Crippen LogP contribution in [0.15, 0.2) is 18.3 Å². The number of halogens is 1. The van der Waals surface area contributed by atoms with E-state index in [1.54, 1.807) is 6.07 Å². The van der Waals surface area contributed by atoms with Crippen molar-refractivity contribution in [1.29, 1.82) is 0 Å². The molecule has 3 unspecified atom stereocenters. The summed E-state index contributed by atoms with van der Waals surface area (Å²) >= 11 is 1.87. The summed E-state index contributed by atoms with van der Waals surface area (Å²) in [5, 5.41) is 0. The fourth-order valence-electron chi connectivity index (χ4n) is 2.13. The Labute approximate surface area is 126 Å². The molecule has 1 rings (SSSR count). The van der Waals surface area contributed by atoms with E-state index in [9.17, 15) is 4.39 Å². The first-order chi connectivity index (χ1) is 9.45. The minimum Gasteiger partial charge on any atom is -0.322 e. The van der Waals surface area contributed by atoms with Crippen LogP contribution >= 0.6 is 11.8 Å². The fourth-order valence-corrected chi connectivity index (χ4v) is 2.71. The van der Waals surface area contributed by atoms with Gasteiger partial charge in [-0.15, -0.1) is 0 Å². The van der Waals surface area contributed by atoms with Crippen molar-refractivity contribution in [3.63, 3.8) is 0 Å². The lowest BCUT2D eigenvalue weighted by Crippen LogP contribution is -2.37. The van der Waals surface area contributed by atoms with Crippen molar-refractivity contribution in [3.05, 3.63) is 29.8 Å². The highest BCUT2D eigenvalue weighted by molar-refractivity contribution is 7.98. The first-order valence-corrected chi connectivity index (χ1v) is 8.41. The van der Waals surface area contributed by atoms with Crippen molar-refractivity contribution < 1.29 is 4.39 Å². The number of rotatable bonds is 8. The molecule has 2 N–H and O–H groups in total. The molecule has 0 radical (unpaired) electrons. The van der Waals surface area contributed by atoms with Crippen LogP contribution in [0.5, 0.6) is 0 Å². The summed E-state index contributed by atoms with van der Waals surface area (Å²) in [6, 6.07) is 3.47. The molecule has 0 bridgehead atoms. The van der Waals surface area contributed by atoms with Gasteiger partial charge in [0.15, 0.2) is 0 Å². The maximum absolute atomic E-state index is 12.9. The second-order valence-electron chi connectivity index (χ2n) is 5.47. The summed E-state index contributed by atoms with van der Waals surface area (Å²) in [6.45, 7) is 5.27. The Morgan fingerprint density at radius 3 is 2.65 bits per heavy atom. The van der Waals surface area contributed by atoms with Crippen molar-refractivity contribution in [1.82, 2.24) is 9.88 Å². The lowest BCUT2D eigenvalue weighted by molar-refractivity contribution is 0.206. The van der Waals surface area contributed by atoms with Gasteiger partial charge >= 0.3 is 0 Å². The van der Waals surface area contributed by atoms with Crippen molar-refractivity contribution in [2.24, 2.45) is 11.7 Å². The molecular weight excluding hydrogens is 273 g/mol. The molecule has 0 aliphatic rings. The first-order valence-electron chi connectivity index (χ1n) is 7.02. The Kier molecular flexibility index (Phi) is 7.48. The molecule has 114 valence electrons. The largest absolute Gasteiger partial charge is 0.322 e. The summed E-state index contributed by atoms with van der Waals surface area (Å²) in [4.78, 5) is 6.42. The van der Waals surface area contributed by atoms with Gasteiger partial charge in [0.1, 0.15) is 5.82 Å². The maximum atomic E-state index is 12.9. The van der Waals surface area contributed by atoms with E-state index in [2.05, 4.69) is 37.0 Å². The van der Waals surface area contributed by atoms with Crippen molar-refractivity contribution >= 4 is 11.8 Å². The van der Waals surface area contributed by atoms with Gasteiger partial charge in [-0.2, -0.15) is 11.8 Å². The van der Waals surface area contributed by atoms with Crippen LogP contribution in [0.1, 0.15) is 32.0 Å². The Morgan fingerprint density at radius 2 is 2.10 bits per heavy atom. The average Bonchev–Trinajstić information content (AvgIpc) is 2.44. The predicted octanol–water partition coefficient (Wildman–Crippen LogP) is 2.93. The molecule has 1 aromatic heterocycles. The van der Waals surface area contributed by atoms with Gasteiger partial charge in [0.05, 0.1) is 17.9 Å². The van der Waals surface area contributed by atoms with Gasteiger partial charge in [-0.3, -0.25) is 4.98 Å². The molecule has 1 aromatic rings. The van der Waals surface area contributed by atoms with Crippen molar-refractivity contribution in [2.45, 2.75) is 32.4 Å². The highest BCUT2D eigenvalue weighted by Gasteiger charge is 2.20. The lowest BCUT2D eigenvalue weighted by atomic mass is 9.98. The highest BCUT2D eigenvalue weighted by atomic mass is 32.2. The van der Waals surface area contributed by atoms with E-state index in [1.165, 1.54) is 24.4 Å². The van der Waals surface area contributed by atoms with Crippen LogP contribution in [-0.2, 0) is 0 Å². The van der Waals surface area contributed by atoms with Crippen molar-refractivity contribution in [3.8, 4) is 0 Å². The summed E-state index contributed by atoms with van der Waals surface area (Å²) < 4.78 is 12.9. The minimum absolute atomic E-state index is 0.161. The van der Waals surface area contributed by atoms with Crippen LogP contribution in [0.25, 0.3) is 0 Å². The number of thioether (sulfide) groups is 1. The molecule has 0 saturated carbocycles. The van der Waals surface area contributed by atoms with Gasteiger partial charge in [0.2, 0.25) is 0 Å². The van der Waals surface area contributed by atoms with Crippen LogP contribution in [0.3, 0.4) is 0 Å². The molecule has 3 nitrogen and oxygen atoms in total. The fraction of sp³-hybridized carbons (Fsp3) is 0.667. The van der Waals surface area contributed by atoms with E-state index in [-0.39, 0.29) is 17.8 Å². The van der Waals surface area contributed by atoms with Gasteiger partial charge in [-0.1, -0.05) is 6.92 Å². The minimum atomic E-state index is -0.323. The van der Waals surface area contributed by atoms with Crippen LogP contribution in [0, 0.1) is 11.7 Å². The van der Waals surface area contributed by atoms with Gasteiger partial charge in [-0.05, 0) is 50.5 Å². The topological polar surface area (TPSA) is 42.1 Å². The zero-order chi connectivity index (χ0) is 15.1. The normalized spacial score (nSPS) is 16.1. The maximum Gasteiger partial charge on any atom is 0.141 e. The molecule has 0 fully saturated rings. The molecule has 0 aliphatic carbocycles. The summed E-state index contributed by atoms with van der Waals surface area (Å²) in [6.07, 6.45) is 4.53. The predicted molar refractivity (Wildman–Crippen MR) is 85.4 cm³/mol. The number of nitrogens with zero attached hydrogens (tertiary/aromatic N) is 2. The third-order valence-electron chi connectivity index (χ3n) is 3.77. The van der Waals surface area contributed by atoms with Crippen LogP contribution in [0.4, 0.5) is 4.39 Å². The van der Waals surface area contributed by atoms with Crippen LogP contribution < -0.4 is 5.73 Å². The van der Waals surface area contributed by atoms with E-state index in [0.717, 1.165) is 12.2 Å². The monoisotopic (exact) mass is 299 g/mol. The smallest absolute Gasteiger partial charge is 0.141 e. The molecule has 0 saturated heterocycles. The van der Waals surface area contributed by atoms with Gasteiger partial charge < -0.3 is 10.6 Å². The zero-order valence-corrected chi connectivity index (χ0v) is 13.7. The quantitative estimate of drug-likeness (QED) is 0.801. The molecule has 3 atom stereocenters. The molecule has 1 heterocycles. The van der Waals surface area contributed by atoms with Crippen LogP contribution in [-0.4, -0.2) is 41.5 Å². The molecule has 0 aliphatic heterocycles. The number of hydrogen-bond donors (Lipinski definition) is 1. The Morgan fingerprint density at radius 1 is 1.40 bits per heavy atom. The molecule has 0 spiro atoms. The molecular formula is C15H26FN3S. The van der Waals surface area contributed by atoms with E-state index in [4.69, 9.17) is 5.73 Å². The number of hydrogen-bond acceptors (Lipinski definition) is 4. The summed E-state index contributed by atoms with van der Waals surface area (Å²) in [5.41, 5.74) is 6.98. The SMILES string of the molecule is CSCCC(C)N(C)CC(C)C(N)c1ccc(F)cn1. The summed E-state index contributed by atoms with van der Waals surface area (Å²) in [5.74, 6) is 1.12. The number of nitrogens with two attached hydrogens (primary N) is 1. The Balaban J connectivity index is 2.52. The summed E-state index contributed by atoms with van der Waals surface area (Å²) in [7, 11) is 2.13. The zero-order valence-electron chi connectivity index (χ0n) is 12.8. The van der Waals surface area contributed by atoms with E-state index in [0.29, 0.717) is 6.04 Å². The second kappa shape index (κ2) is 8.60. The number of aromatic nitrogens is 1. The number of pyridine rings is 1. The lowest BCUT2D eigenvalue weighted by Gasteiger charge is -2.29. The Hall–Kier alpha value is -0.650. The molecule has 20 heavy (non-hydrogen) atoms. The van der Waals surface area contributed by atoms with E-state index in [1.807, 2.05) is 11.8 Å². The van der Waals surface area contributed by atoms with E-state index >= 15 is 0 Å².